The molecule has 0 spiro atoms. The SMILES string of the molecule is CCC(C)(C)n1nnnc1C(C)N. The van der Waals surface area contributed by atoms with E-state index in [1.807, 2.05) is 6.92 Å². The first-order chi connectivity index (χ1) is 5.99. The zero-order valence-electron chi connectivity index (χ0n) is 8.65. The Balaban J connectivity index is 3.07. The Morgan fingerprint density at radius 3 is 2.62 bits per heavy atom. The number of rotatable bonds is 3. The van der Waals surface area contributed by atoms with Gasteiger partial charge in [-0.05, 0) is 37.6 Å². The summed E-state index contributed by atoms with van der Waals surface area (Å²) in [6.07, 6.45) is 0.970. The van der Waals surface area contributed by atoms with Gasteiger partial charge in [-0.3, -0.25) is 0 Å². The second-order valence-electron chi connectivity index (χ2n) is 3.90. The summed E-state index contributed by atoms with van der Waals surface area (Å²) in [5.74, 6) is 0.742. The minimum atomic E-state index is -0.124. The maximum atomic E-state index is 5.75. The molecule has 0 fully saturated rings. The summed E-state index contributed by atoms with van der Waals surface area (Å²) in [5.41, 5.74) is 5.68. The fourth-order valence-electron chi connectivity index (χ4n) is 1.06. The van der Waals surface area contributed by atoms with E-state index in [1.165, 1.54) is 0 Å². The standard InChI is InChI=1S/C8H17N5/c1-5-8(3,4)13-7(6(2)9)10-11-12-13/h6H,5,9H2,1-4H3. The third-order valence-electron chi connectivity index (χ3n) is 2.34. The number of aromatic nitrogens is 4. The topological polar surface area (TPSA) is 69.6 Å². The monoisotopic (exact) mass is 183 g/mol. The number of hydrogen-bond acceptors (Lipinski definition) is 4. The van der Waals surface area contributed by atoms with E-state index in [-0.39, 0.29) is 11.6 Å². The maximum absolute atomic E-state index is 5.75. The molecule has 1 rings (SSSR count). The van der Waals surface area contributed by atoms with Gasteiger partial charge >= 0.3 is 0 Å². The minimum Gasteiger partial charge on any atom is -0.322 e. The van der Waals surface area contributed by atoms with E-state index in [0.29, 0.717) is 0 Å². The Bertz CT molecular complexity index is 276. The van der Waals surface area contributed by atoms with Gasteiger partial charge in [0.1, 0.15) is 0 Å². The number of nitrogens with zero attached hydrogens (tertiary/aromatic N) is 4. The summed E-state index contributed by atoms with van der Waals surface area (Å²) >= 11 is 0. The first-order valence-electron chi connectivity index (χ1n) is 4.53. The van der Waals surface area contributed by atoms with Crippen LogP contribution in [0.15, 0.2) is 0 Å². The molecule has 0 aliphatic heterocycles. The smallest absolute Gasteiger partial charge is 0.168 e. The molecule has 74 valence electrons. The van der Waals surface area contributed by atoms with E-state index in [0.717, 1.165) is 12.2 Å². The van der Waals surface area contributed by atoms with E-state index >= 15 is 0 Å². The van der Waals surface area contributed by atoms with Crippen molar-refractivity contribution in [3.05, 3.63) is 5.82 Å². The van der Waals surface area contributed by atoms with Crippen LogP contribution >= 0.6 is 0 Å². The second-order valence-corrected chi connectivity index (χ2v) is 3.90. The van der Waals surface area contributed by atoms with Crippen LogP contribution in [0.2, 0.25) is 0 Å². The maximum Gasteiger partial charge on any atom is 0.168 e. The molecule has 0 radical (unpaired) electrons. The van der Waals surface area contributed by atoms with Gasteiger partial charge in [-0.2, -0.15) is 0 Å². The quantitative estimate of drug-likeness (QED) is 0.753. The van der Waals surface area contributed by atoms with Gasteiger partial charge in [0.05, 0.1) is 11.6 Å². The average molecular weight is 183 g/mol. The van der Waals surface area contributed by atoms with Crippen molar-refractivity contribution in [3.8, 4) is 0 Å². The lowest BCUT2D eigenvalue weighted by Gasteiger charge is -2.24. The molecule has 1 aromatic rings. The van der Waals surface area contributed by atoms with Crippen LogP contribution in [0.5, 0.6) is 0 Å². The molecule has 1 unspecified atom stereocenters. The first kappa shape index (κ1) is 10.1. The van der Waals surface area contributed by atoms with Crippen molar-refractivity contribution in [2.24, 2.45) is 5.73 Å². The molecule has 0 saturated carbocycles. The summed E-state index contributed by atoms with van der Waals surface area (Å²) in [6.45, 7) is 8.17. The van der Waals surface area contributed by atoms with E-state index in [9.17, 15) is 0 Å². The molecule has 13 heavy (non-hydrogen) atoms. The fraction of sp³-hybridized carbons (Fsp3) is 0.875. The van der Waals surface area contributed by atoms with Crippen LogP contribution in [0.3, 0.4) is 0 Å². The molecule has 2 N–H and O–H groups in total. The number of nitrogens with two attached hydrogens (primary N) is 1. The first-order valence-corrected chi connectivity index (χ1v) is 4.53. The average Bonchev–Trinajstić information content (AvgIpc) is 2.52. The van der Waals surface area contributed by atoms with Crippen molar-refractivity contribution < 1.29 is 0 Å². The summed E-state index contributed by atoms with van der Waals surface area (Å²) in [4.78, 5) is 0. The van der Waals surface area contributed by atoms with Crippen molar-refractivity contribution >= 4 is 0 Å². The Morgan fingerprint density at radius 2 is 2.15 bits per heavy atom. The number of hydrogen-bond donors (Lipinski definition) is 1. The molecule has 0 saturated heterocycles. The van der Waals surface area contributed by atoms with Crippen LogP contribution in [-0.2, 0) is 5.54 Å². The van der Waals surface area contributed by atoms with Gasteiger partial charge in [0.2, 0.25) is 0 Å². The molecule has 0 aromatic carbocycles. The molecule has 0 aliphatic carbocycles. The van der Waals surface area contributed by atoms with Gasteiger partial charge in [-0.15, -0.1) is 5.10 Å². The lowest BCUT2D eigenvalue weighted by Crippen LogP contribution is -2.30. The van der Waals surface area contributed by atoms with Crippen molar-refractivity contribution in [2.45, 2.75) is 45.7 Å². The van der Waals surface area contributed by atoms with Crippen molar-refractivity contribution in [1.29, 1.82) is 0 Å². The zero-order valence-corrected chi connectivity index (χ0v) is 8.65. The predicted octanol–water partition coefficient (Wildman–Crippen LogP) is 0.838. The highest BCUT2D eigenvalue weighted by molar-refractivity contribution is 4.92. The van der Waals surface area contributed by atoms with Crippen LogP contribution in [0, 0.1) is 0 Å². The molecule has 1 heterocycles. The third kappa shape index (κ3) is 1.85. The van der Waals surface area contributed by atoms with Gasteiger partial charge in [-0.1, -0.05) is 6.92 Å². The van der Waals surface area contributed by atoms with Crippen molar-refractivity contribution in [3.63, 3.8) is 0 Å². The molecule has 0 amide bonds. The minimum absolute atomic E-state index is 0.0630. The zero-order chi connectivity index (χ0) is 10.1. The Kier molecular flexibility index (Phi) is 2.66. The molecular formula is C8H17N5. The van der Waals surface area contributed by atoms with Gasteiger partial charge < -0.3 is 5.73 Å². The summed E-state index contributed by atoms with van der Waals surface area (Å²) in [5, 5.41) is 11.5. The highest BCUT2D eigenvalue weighted by atomic mass is 15.6. The van der Waals surface area contributed by atoms with Crippen LogP contribution < -0.4 is 5.73 Å². The summed E-state index contributed by atoms with van der Waals surface area (Å²) < 4.78 is 1.80. The number of tetrazole rings is 1. The fourth-order valence-corrected chi connectivity index (χ4v) is 1.06. The lowest BCUT2D eigenvalue weighted by atomic mass is 10.0. The van der Waals surface area contributed by atoms with Crippen molar-refractivity contribution in [2.75, 3.05) is 0 Å². The van der Waals surface area contributed by atoms with Crippen LogP contribution in [0.25, 0.3) is 0 Å². The Labute approximate surface area is 78.3 Å². The normalized spacial score (nSPS) is 14.5. The van der Waals surface area contributed by atoms with Crippen molar-refractivity contribution in [1.82, 2.24) is 20.2 Å². The molecule has 1 aromatic heterocycles. The van der Waals surface area contributed by atoms with Gasteiger partial charge in [-0.25, -0.2) is 4.68 Å². The highest BCUT2D eigenvalue weighted by Gasteiger charge is 2.24. The Hall–Kier alpha value is -0.970. The van der Waals surface area contributed by atoms with Crippen LogP contribution in [0.4, 0.5) is 0 Å². The molecule has 5 heteroatoms. The molecular weight excluding hydrogens is 166 g/mol. The van der Waals surface area contributed by atoms with E-state index in [2.05, 4.69) is 36.3 Å². The molecule has 0 bridgehead atoms. The Morgan fingerprint density at radius 1 is 1.54 bits per heavy atom. The molecule has 5 nitrogen and oxygen atoms in total. The molecule has 1 atom stereocenters. The molecule has 0 aliphatic rings. The summed E-state index contributed by atoms with van der Waals surface area (Å²) in [6, 6.07) is -0.124. The largest absolute Gasteiger partial charge is 0.322 e. The van der Waals surface area contributed by atoms with Gasteiger partial charge in [0.15, 0.2) is 5.82 Å². The van der Waals surface area contributed by atoms with Crippen LogP contribution in [-0.4, -0.2) is 20.2 Å². The lowest BCUT2D eigenvalue weighted by molar-refractivity contribution is 0.287. The summed E-state index contributed by atoms with van der Waals surface area (Å²) in [7, 11) is 0. The third-order valence-corrected chi connectivity index (χ3v) is 2.34. The van der Waals surface area contributed by atoms with E-state index < -0.39 is 0 Å². The van der Waals surface area contributed by atoms with Crippen LogP contribution in [0.1, 0.15) is 46.0 Å². The van der Waals surface area contributed by atoms with E-state index in [4.69, 9.17) is 5.73 Å². The second kappa shape index (κ2) is 3.41. The van der Waals surface area contributed by atoms with Gasteiger partial charge in [0, 0.05) is 0 Å². The highest BCUT2D eigenvalue weighted by Crippen LogP contribution is 2.20. The van der Waals surface area contributed by atoms with E-state index in [1.54, 1.807) is 4.68 Å². The predicted molar refractivity (Wildman–Crippen MR) is 50.0 cm³/mol. The van der Waals surface area contributed by atoms with Gasteiger partial charge in [0.25, 0.3) is 0 Å².